The first-order valence-electron chi connectivity index (χ1n) is 11.2. The third-order valence-electron chi connectivity index (χ3n) is 5.67. The molecule has 34 heavy (non-hydrogen) atoms. The molecule has 0 atom stereocenters. The number of nitrogens with two attached hydrogens (primary N) is 1. The summed E-state index contributed by atoms with van der Waals surface area (Å²) in [5, 5.41) is 6.33. The normalized spacial score (nSPS) is 14.4. The van der Waals surface area contributed by atoms with Crippen LogP contribution in [0.4, 0.5) is 17.1 Å². The fourth-order valence-electron chi connectivity index (χ4n) is 3.92. The number of para-hydroxylation sites is 1. The highest BCUT2D eigenvalue weighted by Gasteiger charge is 2.28. The van der Waals surface area contributed by atoms with Gasteiger partial charge in [-0.1, -0.05) is 48.5 Å². The number of carbonyl (C=O) groups excluding carboxylic acids is 1. The fraction of sp³-hybridized carbons (Fsp3) is 0.192. The Bertz CT molecular complexity index is 1300. The number of hydrogen-bond acceptors (Lipinski definition) is 5. The summed E-state index contributed by atoms with van der Waals surface area (Å²) in [5.41, 5.74) is 10.6. The van der Waals surface area contributed by atoms with Crippen LogP contribution in [0, 0.1) is 0 Å². The lowest BCUT2D eigenvalue weighted by Crippen LogP contribution is -2.34. The van der Waals surface area contributed by atoms with Crippen molar-refractivity contribution in [3.63, 3.8) is 0 Å². The van der Waals surface area contributed by atoms with E-state index in [1.807, 2.05) is 66.7 Å². The number of fused-ring (bicyclic) bond motifs is 1. The van der Waals surface area contributed by atoms with Gasteiger partial charge in [0.15, 0.2) is 0 Å². The highest BCUT2D eigenvalue weighted by Crippen LogP contribution is 2.37. The summed E-state index contributed by atoms with van der Waals surface area (Å²) < 4.78 is 26.6. The van der Waals surface area contributed by atoms with Gasteiger partial charge in [-0.05, 0) is 55.8 Å². The van der Waals surface area contributed by atoms with Crippen LogP contribution >= 0.6 is 0 Å². The molecule has 3 aromatic rings. The van der Waals surface area contributed by atoms with Crippen molar-refractivity contribution in [2.24, 2.45) is 5.73 Å². The molecule has 1 aliphatic heterocycles. The monoisotopic (exact) mass is 476 g/mol. The fourth-order valence-corrected chi connectivity index (χ4v) is 5.09. The van der Waals surface area contributed by atoms with E-state index in [4.69, 9.17) is 5.73 Å². The quantitative estimate of drug-likeness (QED) is 0.403. The first kappa shape index (κ1) is 23.5. The Morgan fingerprint density at radius 1 is 0.971 bits per heavy atom. The Labute approximate surface area is 200 Å². The van der Waals surface area contributed by atoms with Crippen LogP contribution in [0.5, 0.6) is 0 Å². The van der Waals surface area contributed by atoms with Gasteiger partial charge in [-0.15, -0.1) is 0 Å². The molecule has 7 nitrogen and oxygen atoms in total. The second kappa shape index (κ2) is 10.1. The van der Waals surface area contributed by atoms with Crippen LogP contribution < -0.4 is 20.7 Å². The number of carbonyl (C=O) groups is 1. The topological polar surface area (TPSA) is 105 Å². The number of nitrogens with one attached hydrogen (secondary N) is 2. The van der Waals surface area contributed by atoms with Gasteiger partial charge >= 0.3 is 0 Å². The Morgan fingerprint density at radius 3 is 2.32 bits per heavy atom. The molecular formula is C26H28N4O3S. The van der Waals surface area contributed by atoms with Gasteiger partial charge in [0, 0.05) is 23.5 Å². The van der Waals surface area contributed by atoms with Gasteiger partial charge in [-0.25, -0.2) is 8.42 Å². The lowest BCUT2D eigenvalue weighted by atomic mass is 10.00. The first-order chi connectivity index (χ1) is 16.4. The molecule has 1 aliphatic rings. The van der Waals surface area contributed by atoms with Crippen molar-refractivity contribution in [3.8, 4) is 0 Å². The van der Waals surface area contributed by atoms with Gasteiger partial charge in [0.25, 0.3) is 5.91 Å². The predicted octanol–water partition coefficient (Wildman–Crippen LogP) is 4.12. The maximum Gasteiger partial charge on any atom is 0.258 e. The Balaban J connectivity index is 1.72. The minimum Gasteiger partial charge on any atom is -0.354 e. The maximum absolute atomic E-state index is 12.9. The summed E-state index contributed by atoms with van der Waals surface area (Å²) in [6.45, 7) is 2.37. The molecule has 1 heterocycles. The molecule has 4 rings (SSSR count). The summed E-state index contributed by atoms with van der Waals surface area (Å²) in [6.07, 6.45) is 0.567. The van der Waals surface area contributed by atoms with Gasteiger partial charge in [-0.2, -0.15) is 0 Å². The van der Waals surface area contributed by atoms with E-state index in [0.717, 1.165) is 22.5 Å². The highest BCUT2D eigenvalue weighted by molar-refractivity contribution is 7.92. The highest BCUT2D eigenvalue weighted by atomic mass is 32.2. The molecule has 0 aliphatic carbocycles. The van der Waals surface area contributed by atoms with Gasteiger partial charge in [0.1, 0.15) is 0 Å². The number of rotatable bonds is 9. The maximum atomic E-state index is 12.9. The molecule has 0 saturated heterocycles. The molecule has 4 N–H and O–H groups in total. The zero-order valence-corrected chi connectivity index (χ0v) is 19.8. The van der Waals surface area contributed by atoms with E-state index >= 15 is 0 Å². The van der Waals surface area contributed by atoms with E-state index in [1.54, 1.807) is 19.1 Å². The van der Waals surface area contributed by atoms with E-state index < -0.39 is 10.0 Å². The number of hydrogen-bond donors (Lipinski definition) is 3. The zero-order valence-electron chi connectivity index (χ0n) is 19.0. The average molecular weight is 477 g/mol. The second-order valence-electron chi connectivity index (χ2n) is 7.90. The van der Waals surface area contributed by atoms with Gasteiger partial charge in [-0.3, -0.25) is 9.10 Å². The SMILES string of the molecule is CCS(=O)(=O)N(CCCN)c1ccc(N/C(=C2\C(=O)Nc3ccccc32)c2ccccc2)cc1. The van der Waals surface area contributed by atoms with Crippen LogP contribution in [0.15, 0.2) is 78.9 Å². The Morgan fingerprint density at radius 2 is 1.65 bits per heavy atom. The van der Waals surface area contributed by atoms with Crippen molar-refractivity contribution >= 4 is 44.3 Å². The van der Waals surface area contributed by atoms with Crippen molar-refractivity contribution in [3.05, 3.63) is 90.0 Å². The van der Waals surface area contributed by atoms with Gasteiger partial charge < -0.3 is 16.4 Å². The van der Waals surface area contributed by atoms with Crippen molar-refractivity contribution in [1.82, 2.24) is 0 Å². The van der Waals surface area contributed by atoms with Crippen molar-refractivity contribution < 1.29 is 13.2 Å². The molecule has 0 spiro atoms. The smallest absolute Gasteiger partial charge is 0.258 e. The van der Waals surface area contributed by atoms with E-state index in [2.05, 4.69) is 10.6 Å². The number of sulfonamides is 1. The minimum absolute atomic E-state index is 0.0103. The lowest BCUT2D eigenvalue weighted by Gasteiger charge is -2.24. The van der Waals surface area contributed by atoms with Crippen LogP contribution in [-0.4, -0.2) is 33.2 Å². The lowest BCUT2D eigenvalue weighted by molar-refractivity contribution is -0.110. The molecule has 8 heteroatoms. The Kier molecular flexibility index (Phi) is 7.00. The average Bonchev–Trinajstić information content (AvgIpc) is 3.19. The summed E-state index contributed by atoms with van der Waals surface area (Å²) in [7, 11) is -3.42. The largest absolute Gasteiger partial charge is 0.354 e. The molecule has 1 amide bonds. The number of nitrogens with zero attached hydrogens (tertiary/aromatic N) is 1. The molecule has 0 radical (unpaired) electrons. The third-order valence-corrected chi connectivity index (χ3v) is 7.47. The van der Waals surface area contributed by atoms with Crippen LogP contribution in [0.1, 0.15) is 24.5 Å². The molecule has 0 unspecified atom stereocenters. The Hall–Kier alpha value is -3.62. The third kappa shape index (κ3) is 4.83. The van der Waals surface area contributed by atoms with E-state index in [0.29, 0.717) is 36.5 Å². The molecular weight excluding hydrogens is 448 g/mol. The van der Waals surface area contributed by atoms with E-state index in [1.165, 1.54) is 4.31 Å². The van der Waals surface area contributed by atoms with Crippen molar-refractivity contribution in [1.29, 1.82) is 0 Å². The summed E-state index contributed by atoms with van der Waals surface area (Å²) >= 11 is 0. The second-order valence-corrected chi connectivity index (χ2v) is 10.1. The van der Waals surface area contributed by atoms with Gasteiger partial charge in [0.2, 0.25) is 10.0 Å². The summed E-state index contributed by atoms with van der Waals surface area (Å²) in [4.78, 5) is 12.9. The number of anilines is 3. The van der Waals surface area contributed by atoms with Crippen LogP contribution in [-0.2, 0) is 14.8 Å². The van der Waals surface area contributed by atoms with Crippen LogP contribution in [0.25, 0.3) is 11.3 Å². The summed E-state index contributed by atoms with van der Waals surface area (Å²) in [5.74, 6) is -0.165. The predicted molar refractivity (Wildman–Crippen MR) is 139 cm³/mol. The molecule has 0 bridgehead atoms. The van der Waals surface area contributed by atoms with E-state index in [9.17, 15) is 13.2 Å². The first-order valence-corrected chi connectivity index (χ1v) is 12.8. The minimum atomic E-state index is -3.42. The van der Waals surface area contributed by atoms with Gasteiger partial charge in [0.05, 0.1) is 22.7 Å². The van der Waals surface area contributed by atoms with Crippen molar-refractivity contribution in [2.45, 2.75) is 13.3 Å². The standard InChI is InChI=1S/C26H28N4O3S/c1-2-34(32,33)30(18-8-17-27)21-15-13-20(14-16-21)28-25(19-9-4-3-5-10-19)24-22-11-6-7-12-23(22)29-26(24)31/h3-7,9-16,28H,2,8,17-18,27H2,1H3,(H,29,31)/b25-24-. The molecule has 0 fully saturated rings. The number of benzene rings is 3. The molecule has 3 aromatic carbocycles. The molecule has 0 aromatic heterocycles. The molecule has 0 saturated carbocycles. The summed E-state index contributed by atoms with van der Waals surface area (Å²) in [6, 6.07) is 24.4. The van der Waals surface area contributed by atoms with E-state index in [-0.39, 0.29) is 11.7 Å². The van der Waals surface area contributed by atoms with Crippen molar-refractivity contribution in [2.75, 3.05) is 33.8 Å². The van der Waals surface area contributed by atoms with Crippen LogP contribution in [0.3, 0.4) is 0 Å². The van der Waals surface area contributed by atoms with Crippen LogP contribution in [0.2, 0.25) is 0 Å². The number of amides is 1. The molecule has 176 valence electrons. The zero-order chi connectivity index (χ0) is 24.1.